The van der Waals surface area contributed by atoms with Gasteiger partial charge in [0.05, 0.1) is 26.0 Å². The van der Waals surface area contributed by atoms with Gasteiger partial charge in [-0.15, -0.1) is 0 Å². The molecule has 0 unspecified atom stereocenters. The normalized spacial score (nSPS) is 10.6. The molecule has 0 radical (unpaired) electrons. The van der Waals surface area contributed by atoms with Crippen LogP contribution in [0.3, 0.4) is 0 Å². The van der Waals surface area contributed by atoms with Gasteiger partial charge in [-0.2, -0.15) is 0 Å². The fraction of sp³-hybridized carbons (Fsp3) is 0.280. The lowest BCUT2D eigenvalue weighted by molar-refractivity contribution is 0.0535. The highest BCUT2D eigenvalue weighted by Gasteiger charge is 2.15. The standard InChI is InChI=1S/C25H27N5O4/c1-25(2,3)34-24(32)27-12-5-6-19-8-7-17(15-28-19)21-11-13-26-23(30-21)29-20-9-10-22(33-4)18(14-20)16-31/h7-11,13-15,31H,12,16H2,1-4H3,(H,27,32)(H,26,29,30). The molecule has 3 aromatic rings. The molecule has 9 nitrogen and oxygen atoms in total. The molecule has 0 atom stereocenters. The van der Waals surface area contributed by atoms with Crippen molar-refractivity contribution >= 4 is 17.7 Å². The van der Waals surface area contributed by atoms with E-state index in [0.29, 0.717) is 28.6 Å². The van der Waals surface area contributed by atoms with Crippen LogP contribution in [0.25, 0.3) is 11.3 Å². The topological polar surface area (TPSA) is 118 Å². The Bertz CT molecular complexity index is 1190. The molecule has 0 aliphatic carbocycles. The highest BCUT2D eigenvalue weighted by molar-refractivity contribution is 5.68. The first-order chi connectivity index (χ1) is 16.3. The van der Waals surface area contributed by atoms with Gasteiger partial charge in [0.1, 0.15) is 17.0 Å². The molecule has 0 aliphatic heterocycles. The van der Waals surface area contributed by atoms with E-state index in [2.05, 4.69) is 37.4 Å². The van der Waals surface area contributed by atoms with Crippen molar-refractivity contribution in [3.8, 4) is 28.8 Å². The number of nitrogens with one attached hydrogen (secondary N) is 2. The fourth-order valence-corrected chi connectivity index (χ4v) is 2.87. The fourth-order valence-electron chi connectivity index (χ4n) is 2.87. The summed E-state index contributed by atoms with van der Waals surface area (Å²) in [5.74, 6) is 6.76. The van der Waals surface area contributed by atoms with Crippen molar-refractivity contribution in [2.45, 2.75) is 33.0 Å². The zero-order valence-corrected chi connectivity index (χ0v) is 19.5. The maximum absolute atomic E-state index is 11.6. The van der Waals surface area contributed by atoms with Gasteiger partial charge in [-0.05, 0) is 63.1 Å². The summed E-state index contributed by atoms with van der Waals surface area (Å²) in [6.45, 7) is 5.41. The summed E-state index contributed by atoms with van der Waals surface area (Å²) in [5.41, 5.74) is 2.89. The van der Waals surface area contributed by atoms with E-state index in [0.717, 1.165) is 11.3 Å². The molecular weight excluding hydrogens is 434 g/mol. The van der Waals surface area contributed by atoms with E-state index in [9.17, 15) is 9.90 Å². The van der Waals surface area contributed by atoms with Crippen LogP contribution in [0, 0.1) is 11.8 Å². The number of methoxy groups -OCH3 is 1. The van der Waals surface area contributed by atoms with Gasteiger partial charge in [-0.1, -0.05) is 5.92 Å². The Morgan fingerprint density at radius 3 is 2.65 bits per heavy atom. The van der Waals surface area contributed by atoms with Crippen molar-refractivity contribution < 1.29 is 19.4 Å². The largest absolute Gasteiger partial charge is 0.496 e. The smallest absolute Gasteiger partial charge is 0.408 e. The van der Waals surface area contributed by atoms with E-state index in [1.165, 1.54) is 0 Å². The number of nitrogens with zero attached hydrogens (tertiary/aromatic N) is 3. The minimum Gasteiger partial charge on any atom is -0.496 e. The number of hydrogen-bond acceptors (Lipinski definition) is 8. The number of aromatic nitrogens is 3. The highest BCUT2D eigenvalue weighted by Crippen LogP contribution is 2.25. The van der Waals surface area contributed by atoms with E-state index >= 15 is 0 Å². The maximum Gasteiger partial charge on any atom is 0.408 e. The number of aliphatic hydroxyl groups excluding tert-OH is 1. The zero-order chi connectivity index (χ0) is 24.6. The summed E-state index contributed by atoms with van der Waals surface area (Å²) in [6, 6.07) is 10.8. The third-order valence-corrected chi connectivity index (χ3v) is 4.36. The summed E-state index contributed by atoms with van der Waals surface area (Å²) < 4.78 is 10.4. The van der Waals surface area contributed by atoms with Gasteiger partial charge < -0.3 is 25.2 Å². The molecule has 0 saturated heterocycles. The Balaban J connectivity index is 1.63. The van der Waals surface area contributed by atoms with Crippen LogP contribution in [-0.2, 0) is 11.3 Å². The van der Waals surface area contributed by atoms with Crippen molar-refractivity contribution in [2.75, 3.05) is 19.0 Å². The predicted octanol–water partition coefficient (Wildman–Crippen LogP) is 3.66. The van der Waals surface area contributed by atoms with Crippen molar-refractivity contribution in [2.24, 2.45) is 0 Å². The first-order valence-electron chi connectivity index (χ1n) is 10.6. The molecule has 1 amide bonds. The van der Waals surface area contributed by atoms with Crippen LogP contribution >= 0.6 is 0 Å². The number of ether oxygens (including phenoxy) is 2. The molecule has 0 saturated carbocycles. The summed E-state index contributed by atoms with van der Waals surface area (Å²) in [6.07, 6.45) is 2.81. The predicted molar refractivity (Wildman–Crippen MR) is 129 cm³/mol. The number of alkyl carbamates (subject to hydrolysis) is 1. The lowest BCUT2D eigenvalue weighted by Crippen LogP contribution is -2.32. The lowest BCUT2D eigenvalue weighted by atomic mass is 10.2. The number of rotatable bonds is 6. The second-order valence-electron chi connectivity index (χ2n) is 8.16. The average molecular weight is 462 g/mol. The number of amides is 1. The maximum atomic E-state index is 11.6. The van der Waals surface area contributed by atoms with E-state index in [1.54, 1.807) is 64.5 Å². The van der Waals surface area contributed by atoms with E-state index in [1.807, 2.05) is 12.1 Å². The monoisotopic (exact) mass is 461 g/mol. The van der Waals surface area contributed by atoms with Crippen LogP contribution in [0.1, 0.15) is 32.0 Å². The molecule has 34 heavy (non-hydrogen) atoms. The molecule has 2 heterocycles. The van der Waals surface area contributed by atoms with Crippen molar-refractivity contribution in [3.05, 3.63) is 60.0 Å². The summed E-state index contributed by atoms with van der Waals surface area (Å²) in [7, 11) is 1.56. The third-order valence-electron chi connectivity index (χ3n) is 4.36. The van der Waals surface area contributed by atoms with Crippen LogP contribution in [0.15, 0.2) is 48.8 Å². The van der Waals surface area contributed by atoms with Crippen LogP contribution in [0.4, 0.5) is 16.4 Å². The van der Waals surface area contributed by atoms with E-state index < -0.39 is 11.7 Å². The number of benzene rings is 1. The van der Waals surface area contributed by atoms with Crippen molar-refractivity contribution in [1.29, 1.82) is 0 Å². The molecule has 2 aromatic heterocycles. The SMILES string of the molecule is COc1ccc(Nc2nccc(-c3ccc(C#CCNC(=O)OC(C)(C)C)nc3)n2)cc1CO. The molecule has 0 bridgehead atoms. The van der Waals surface area contributed by atoms with Gasteiger partial charge in [-0.25, -0.2) is 19.7 Å². The van der Waals surface area contributed by atoms with Gasteiger partial charge in [0, 0.05) is 29.2 Å². The quantitative estimate of drug-likeness (QED) is 0.476. The lowest BCUT2D eigenvalue weighted by Gasteiger charge is -2.18. The van der Waals surface area contributed by atoms with Crippen molar-refractivity contribution in [1.82, 2.24) is 20.3 Å². The molecule has 0 spiro atoms. The average Bonchev–Trinajstić information content (AvgIpc) is 2.81. The molecule has 3 rings (SSSR count). The highest BCUT2D eigenvalue weighted by atomic mass is 16.6. The molecule has 0 aliphatic rings. The first kappa shape index (κ1) is 24.5. The van der Waals surface area contributed by atoms with Crippen LogP contribution in [0.5, 0.6) is 5.75 Å². The minimum absolute atomic E-state index is 0.141. The van der Waals surface area contributed by atoms with Gasteiger partial charge in [0.15, 0.2) is 0 Å². The Morgan fingerprint density at radius 2 is 1.97 bits per heavy atom. The summed E-state index contributed by atoms with van der Waals surface area (Å²) in [4.78, 5) is 24.8. The molecule has 9 heteroatoms. The number of aliphatic hydroxyl groups is 1. The van der Waals surface area contributed by atoms with Crippen molar-refractivity contribution in [3.63, 3.8) is 0 Å². The number of hydrogen-bond donors (Lipinski definition) is 3. The van der Waals surface area contributed by atoms with Crippen LogP contribution in [0.2, 0.25) is 0 Å². The van der Waals surface area contributed by atoms with Gasteiger partial charge >= 0.3 is 6.09 Å². The Hall–Kier alpha value is -4.16. The Labute approximate surface area is 198 Å². The number of pyridine rings is 1. The summed E-state index contributed by atoms with van der Waals surface area (Å²) >= 11 is 0. The summed E-state index contributed by atoms with van der Waals surface area (Å²) in [5, 5.41) is 15.2. The van der Waals surface area contributed by atoms with Gasteiger partial charge in [0.2, 0.25) is 5.95 Å². The van der Waals surface area contributed by atoms with Gasteiger partial charge in [-0.3, -0.25) is 0 Å². The van der Waals surface area contributed by atoms with E-state index in [4.69, 9.17) is 9.47 Å². The Kier molecular flexibility index (Phi) is 8.01. The van der Waals surface area contributed by atoms with Gasteiger partial charge in [0.25, 0.3) is 0 Å². The molecule has 3 N–H and O–H groups in total. The zero-order valence-electron chi connectivity index (χ0n) is 19.5. The van der Waals surface area contributed by atoms with E-state index in [-0.39, 0.29) is 13.2 Å². The Morgan fingerprint density at radius 1 is 1.15 bits per heavy atom. The second kappa shape index (κ2) is 11.1. The number of anilines is 2. The number of carbonyl (C=O) groups is 1. The molecule has 1 aromatic carbocycles. The van der Waals surface area contributed by atoms with Crippen LogP contribution < -0.4 is 15.4 Å². The third kappa shape index (κ3) is 7.18. The minimum atomic E-state index is -0.553. The molecule has 0 fully saturated rings. The molecular formula is C25H27N5O4. The molecule has 176 valence electrons. The second-order valence-corrected chi connectivity index (χ2v) is 8.16. The first-order valence-corrected chi connectivity index (χ1v) is 10.6. The number of carbonyl (C=O) groups excluding carboxylic acids is 1. The van der Waals surface area contributed by atoms with Crippen LogP contribution in [-0.4, -0.2) is 45.4 Å².